The van der Waals surface area contributed by atoms with E-state index < -0.39 is 0 Å². The van der Waals surface area contributed by atoms with Gasteiger partial charge in [-0.15, -0.1) is 0 Å². The van der Waals surface area contributed by atoms with Crippen LogP contribution in [0.1, 0.15) is 66.8 Å². The van der Waals surface area contributed by atoms with E-state index in [0.29, 0.717) is 0 Å². The van der Waals surface area contributed by atoms with Gasteiger partial charge in [-0.05, 0) is 311 Å². The number of hydrogen-bond donors (Lipinski definition) is 0. The van der Waals surface area contributed by atoms with Crippen LogP contribution in [0.4, 0.5) is 0 Å². The third kappa shape index (κ3) is 14.7. The van der Waals surface area contributed by atoms with Crippen LogP contribution < -0.4 is 0 Å². The van der Waals surface area contributed by atoms with Gasteiger partial charge in [0, 0.05) is 0 Å². The van der Waals surface area contributed by atoms with Crippen LogP contribution in [0.2, 0.25) is 0 Å². The first kappa shape index (κ1) is 72.4. The van der Waals surface area contributed by atoms with Crippen LogP contribution >= 0.6 is 0 Å². The summed E-state index contributed by atoms with van der Waals surface area (Å²) >= 11 is 0. The molecule has 0 radical (unpaired) electrons. The minimum absolute atomic E-state index is 0.975. The number of rotatable bonds is 0. The highest BCUT2D eigenvalue weighted by molar-refractivity contribution is 5.84. The van der Waals surface area contributed by atoms with Gasteiger partial charge in [0.2, 0.25) is 0 Å². The third-order valence-corrected chi connectivity index (χ3v) is 26.6. The molecule has 0 atom stereocenters. The summed E-state index contributed by atoms with van der Waals surface area (Å²) in [6.45, 7) is 0. The predicted octanol–water partition coefficient (Wildman–Crippen LogP) is 30.7. The summed E-state index contributed by atoms with van der Waals surface area (Å²) in [6, 6.07) is 154. The molecule has 37 aliphatic rings. The lowest BCUT2D eigenvalue weighted by Gasteiger charge is -2.18. The maximum absolute atomic E-state index is 2.47. The van der Waals surface area contributed by atoms with E-state index in [-0.39, 0.29) is 0 Å². The van der Waals surface area contributed by atoms with Crippen molar-refractivity contribution < 1.29 is 0 Å². The smallest absolute Gasteiger partial charge is 0.0149 e. The van der Waals surface area contributed by atoms with Gasteiger partial charge in [0.05, 0.1) is 0 Å². The topological polar surface area (TPSA) is 0 Å². The molecule has 0 heterocycles. The van der Waals surface area contributed by atoms with Crippen LogP contribution in [0.25, 0.3) is 167 Å². The summed E-state index contributed by atoms with van der Waals surface area (Å²) < 4.78 is 0. The van der Waals surface area contributed by atoms with Crippen molar-refractivity contribution in [1.82, 2.24) is 0 Å². The van der Waals surface area contributed by atoms with Crippen molar-refractivity contribution in [1.29, 1.82) is 0 Å². The molecule has 0 amide bonds. The van der Waals surface area contributed by atoms with Crippen LogP contribution in [-0.2, 0) is 77.0 Å². The second kappa shape index (κ2) is 31.4. The van der Waals surface area contributed by atoms with E-state index in [1.807, 2.05) is 0 Å². The van der Waals surface area contributed by atoms with Crippen molar-refractivity contribution in [2.24, 2.45) is 0 Å². The Balaban J connectivity index is 0.528. The van der Waals surface area contributed by atoms with Crippen molar-refractivity contribution in [3.05, 3.63) is 467 Å². The lowest BCUT2D eigenvalue weighted by molar-refractivity contribution is 0.925. The third-order valence-electron chi connectivity index (χ3n) is 26.6. The number of hydrogen-bond acceptors (Lipinski definition) is 0. The van der Waals surface area contributed by atoms with Gasteiger partial charge >= 0.3 is 0 Å². The molecule has 55 rings (SSSR count). The molecule has 18 aromatic rings. The second-order valence-corrected chi connectivity index (χ2v) is 33.9. The van der Waals surface area contributed by atoms with E-state index in [2.05, 4.69) is 400 Å². The molecular formula is C120H90. The highest BCUT2D eigenvalue weighted by Crippen LogP contribution is 2.42. The molecule has 120 heavy (non-hydrogen) atoms. The molecule has 0 saturated heterocycles. The average Bonchev–Trinajstić information content (AvgIpc) is 0.794. The first-order valence-electron chi connectivity index (χ1n) is 43.3. The summed E-state index contributed by atoms with van der Waals surface area (Å²) in [5.41, 5.74) is 54.4. The van der Waals surface area contributed by atoms with E-state index in [4.69, 9.17) is 0 Å². The van der Waals surface area contributed by atoms with Crippen LogP contribution in [0.15, 0.2) is 400 Å². The van der Waals surface area contributed by atoms with E-state index in [0.717, 1.165) is 77.0 Å². The van der Waals surface area contributed by atoms with Gasteiger partial charge in [0.1, 0.15) is 0 Å². The first-order valence-corrected chi connectivity index (χ1v) is 43.3. The molecule has 0 aliphatic heterocycles. The maximum Gasteiger partial charge on any atom is -0.0149 e. The van der Waals surface area contributed by atoms with Crippen LogP contribution in [0.5, 0.6) is 0 Å². The zero-order chi connectivity index (χ0) is 79.4. The molecule has 0 aromatic heterocycles. The molecule has 0 spiro atoms. The molecule has 42 bridgehead atoms. The van der Waals surface area contributed by atoms with E-state index in [1.54, 1.807) is 0 Å². The van der Waals surface area contributed by atoms with Crippen LogP contribution in [0.3, 0.4) is 0 Å². The lowest BCUT2D eigenvalue weighted by atomic mass is 9.87. The largest absolute Gasteiger partial charge is 0.0587 e. The zero-order valence-corrected chi connectivity index (χ0v) is 67.6. The normalized spacial score (nSPS) is 13.1. The van der Waals surface area contributed by atoms with Crippen molar-refractivity contribution in [2.75, 3.05) is 0 Å². The minimum atomic E-state index is 0.975. The number of aryl methyl sites for hydroxylation is 12. The number of benzene rings is 18. The Bertz CT molecular complexity index is 5750. The van der Waals surface area contributed by atoms with E-state index in [9.17, 15) is 0 Å². The van der Waals surface area contributed by atoms with Gasteiger partial charge in [-0.25, -0.2) is 0 Å². The van der Waals surface area contributed by atoms with Crippen LogP contribution in [0, 0.1) is 0 Å². The van der Waals surface area contributed by atoms with Gasteiger partial charge in [-0.1, -0.05) is 400 Å². The summed E-state index contributed by atoms with van der Waals surface area (Å²) in [5, 5.41) is 0. The Morgan fingerprint density at radius 1 is 0.0833 bits per heavy atom. The lowest BCUT2D eigenvalue weighted by Crippen LogP contribution is -2.02. The average molecular weight is 1530 g/mol. The molecular weight excluding hydrogens is 1440 g/mol. The molecule has 570 valence electrons. The Kier molecular flexibility index (Phi) is 19.0. The summed E-state index contributed by atoms with van der Waals surface area (Å²) in [5.74, 6) is 0. The highest BCUT2D eigenvalue weighted by Gasteiger charge is 2.21. The van der Waals surface area contributed by atoms with Gasteiger partial charge in [0.25, 0.3) is 0 Å². The Morgan fingerprint density at radius 2 is 0.175 bits per heavy atom. The molecule has 0 nitrogen and oxygen atoms in total. The van der Waals surface area contributed by atoms with Crippen molar-refractivity contribution in [3.63, 3.8) is 0 Å². The second-order valence-electron chi connectivity index (χ2n) is 33.9. The van der Waals surface area contributed by atoms with E-state index in [1.165, 1.54) is 234 Å². The molecule has 37 aliphatic carbocycles. The minimum Gasteiger partial charge on any atom is -0.0587 e. The quantitative estimate of drug-likeness (QED) is 0.142. The summed E-state index contributed by atoms with van der Waals surface area (Å²) in [6.07, 6.45) is 11.7. The first-order chi connectivity index (χ1) is 59.3. The molecule has 0 fully saturated rings. The highest BCUT2D eigenvalue weighted by atomic mass is 14.3. The molecule has 0 N–H and O–H groups in total. The molecule has 0 heteroatoms. The van der Waals surface area contributed by atoms with Crippen molar-refractivity contribution >= 4 is 0 Å². The van der Waals surface area contributed by atoms with Gasteiger partial charge < -0.3 is 0 Å². The van der Waals surface area contributed by atoms with Crippen LogP contribution in [-0.4, -0.2) is 0 Å². The van der Waals surface area contributed by atoms with Gasteiger partial charge in [-0.2, -0.15) is 0 Å². The fourth-order valence-corrected chi connectivity index (χ4v) is 19.5. The SMILES string of the molecule is c1cc2c3cc1CCc1ccc(cc1-c1ccc(cc1)-c1ccc(cc1)-c1ccc(cc1)-c1ccc(cc1)-c1cc4ccc1CCc1ccc(c(c1)-c1ccc(cc1)-c1ccc(cc1)-c1ccc(cc1)-c1ccc(cc1)-c1cc5ccc1CCc1ccc(c(c1)-c1ccc(cc1)-c1ccc(cc1)-c1ccc(cc1)-c1ccc-3cc1)CC5)CC4)CC2. The predicted molar refractivity (Wildman–Crippen MR) is 505 cm³/mol. The Hall–Kier alpha value is -14.0. The standard InChI is InChI=1S/C120H90/c1-13-103-20-8-80-2-14-104-19-7-79(1)73-115(103)109-61-49-97(50-62-109)91-37-25-85(26-38-91)86-29-41-93(42-30-86)99-53-65-111(66-54-99)117-75-81-3-15-105(117)21-9-82-5-17-107(22-10-81)119(77-82)113-69-57-101(58-70-113)95-45-33-89(34-46-95)90-35-47-96(48-36-90)102-59-71-114(72-60-102)120-78-84-6-18-108(120)24-12-83-4-16-106(23-11-84)118(76-83)112-67-55-100(56-68-112)94-43-31-88(32-44-94)87-27-39-92(40-28-87)98-51-63-110(64-52-98)116(104)74-80/h1-6,13-18,25-78H,7-12,19-24H2. The fraction of sp³-hybridized carbons (Fsp3) is 0.100. The Labute approximate surface area is 706 Å². The van der Waals surface area contributed by atoms with Crippen molar-refractivity contribution in [2.45, 2.75) is 77.0 Å². The van der Waals surface area contributed by atoms with Crippen molar-refractivity contribution in [3.8, 4) is 167 Å². The maximum atomic E-state index is 2.47. The molecule has 0 unspecified atom stereocenters. The van der Waals surface area contributed by atoms with Gasteiger partial charge in [0.15, 0.2) is 0 Å². The van der Waals surface area contributed by atoms with E-state index >= 15 is 0 Å². The monoisotopic (exact) mass is 1530 g/mol. The summed E-state index contributed by atoms with van der Waals surface area (Å²) in [4.78, 5) is 0. The molecule has 0 saturated carbocycles. The zero-order valence-electron chi connectivity index (χ0n) is 67.6. The fourth-order valence-electron chi connectivity index (χ4n) is 19.5. The van der Waals surface area contributed by atoms with Gasteiger partial charge in [-0.3, -0.25) is 0 Å². The Morgan fingerprint density at radius 3 is 0.275 bits per heavy atom. The summed E-state index contributed by atoms with van der Waals surface area (Å²) in [7, 11) is 0. The molecule has 18 aromatic carbocycles.